The van der Waals surface area contributed by atoms with E-state index in [1.54, 1.807) is 0 Å². The van der Waals surface area contributed by atoms with Gasteiger partial charge in [-0.3, -0.25) is 9.36 Å². The van der Waals surface area contributed by atoms with E-state index in [4.69, 9.17) is 4.74 Å². The zero-order valence-electron chi connectivity index (χ0n) is 15.4. The number of ether oxygens (including phenoxy) is 1. The molecule has 140 valence electrons. The van der Waals surface area contributed by atoms with Crippen molar-refractivity contribution in [1.82, 2.24) is 20.1 Å². The summed E-state index contributed by atoms with van der Waals surface area (Å²) in [5.41, 5.74) is 2.01. The van der Waals surface area contributed by atoms with Crippen molar-refractivity contribution in [1.29, 1.82) is 0 Å². The van der Waals surface area contributed by atoms with Crippen molar-refractivity contribution in [3.8, 4) is 11.4 Å². The van der Waals surface area contributed by atoms with Gasteiger partial charge < -0.3 is 10.1 Å². The molecule has 0 unspecified atom stereocenters. The van der Waals surface area contributed by atoms with E-state index in [2.05, 4.69) is 15.5 Å². The van der Waals surface area contributed by atoms with Crippen molar-refractivity contribution in [2.75, 3.05) is 12.4 Å². The molecule has 0 saturated heterocycles. The fourth-order valence-electron chi connectivity index (χ4n) is 2.57. The summed E-state index contributed by atoms with van der Waals surface area (Å²) in [5, 5.41) is 12.0. The number of benzene rings is 2. The number of aromatic nitrogens is 3. The number of nitrogens with zero attached hydrogens (tertiary/aromatic N) is 3. The lowest BCUT2D eigenvalue weighted by Crippen LogP contribution is -2.24. The molecule has 0 radical (unpaired) electrons. The first kappa shape index (κ1) is 19.0. The lowest BCUT2D eigenvalue weighted by molar-refractivity contribution is -0.118. The summed E-state index contributed by atoms with van der Waals surface area (Å²) < 4.78 is 7.42. The predicted octanol–water partition coefficient (Wildman–Crippen LogP) is 3.38. The van der Waals surface area contributed by atoms with E-state index in [9.17, 15) is 4.79 Å². The van der Waals surface area contributed by atoms with E-state index in [0.717, 1.165) is 22.8 Å². The van der Waals surface area contributed by atoms with Crippen LogP contribution in [0.5, 0.6) is 5.75 Å². The highest BCUT2D eigenvalue weighted by Gasteiger charge is 2.13. The molecular weight excluding hydrogens is 360 g/mol. The number of carbonyl (C=O) groups is 1. The second kappa shape index (κ2) is 9.23. The van der Waals surface area contributed by atoms with Crippen LogP contribution in [-0.2, 0) is 11.3 Å². The molecule has 0 aliphatic rings. The van der Waals surface area contributed by atoms with E-state index in [-0.39, 0.29) is 11.7 Å². The lowest BCUT2D eigenvalue weighted by Gasteiger charge is -2.10. The molecule has 6 nitrogen and oxygen atoms in total. The zero-order valence-corrected chi connectivity index (χ0v) is 16.2. The second-order valence-corrected chi connectivity index (χ2v) is 6.79. The first-order valence-corrected chi connectivity index (χ1v) is 9.74. The Balaban J connectivity index is 1.61. The molecule has 0 aliphatic carbocycles. The van der Waals surface area contributed by atoms with Crippen LogP contribution in [-0.4, -0.2) is 33.0 Å². The maximum atomic E-state index is 12.2. The molecule has 7 heteroatoms. The maximum absolute atomic E-state index is 12.2. The van der Waals surface area contributed by atoms with Crippen molar-refractivity contribution in [3.63, 3.8) is 0 Å². The average Bonchev–Trinajstić information content (AvgIpc) is 3.07. The Morgan fingerprint density at radius 2 is 1.85 bits per heavy atom. The van der Waals surface area contributed by atoms with Crippen LogP contribution in [0.4, 0.5) is 0 Å². The van der Waals surface area contributed by atoms with E-state index < -0.39 is 0 Å². The maximum Gasteiger partial charge on any atom is 0.230 e. The number of hydrogen-bond acceptors (Lipinski definition) is 5. The second-order valence-electron chi connectivity index (χ2n) is 5.84. The van der Waals surface area contributed by atoms with Gasteiger partial charge in [-0.05, 0) is 43.7 Å². The molecule has 0 atom stereocenters. The number of rotatable bonds is 8. The third-order valence-electron chi connectivity index (χ3n) is 3.87. The van der Waals surface area contributed by atoms with Gasteiger partial charge in [0, 0.05) is 12.2 Å². The number of carbonyl (C=O) groups excluding carboxylic acids is 1. The molecule has 0 fully saturated rings. The molecule has 1 amide bonds. The Morgan fingerprint density at radius 3 is 2.56 bits per heavy atom. The molecule has 1 aromatic heterocycles. The summed E-state index contributed by atoms with van der Waals surface area (Å²) in [6.45, 7) is 4.99. The molecule has 0 bridgehead atoms. The summed E-state index contributed by atoms with van der Waals surface area (Å²) in [5.74, 6) is 1.83. The van der Waals surface area contributed by atoms with Crippen molar-refractivity contribution in [2.45, 2.75) is 25.5 Å². The Bertz CT molecular complexity index is 879. The van der Waals surface area contributed by atoms with Crippen molar-refractivity contribution >= 4 is 17.7 Å². The SMILES string of the molecule is CCOc1ccc(-n2c(C)nnc2SCC(=O)NCc2ccccc2)cc1. The summed E-state index contributed by atoms with van der Waals surface area (Å²) in [6.07, 6.45) is 0. The van der Waals surface area contributed by atoms with Gasteiger partial charge in [-0.1, -0.05) is 42.1 Å². The minimum Gasteiger partial charge on any atom is -0.494 e. The summed E-state index contributed by atoms with van der Waals surface area (Å²) in [4.78, 5) is 12.2. The largest absolute Gasteiger partial charge is 0.494 e. The van der Waals surface area contributed by atoms with Crippen molar-refractivity contribution in [2.24, 2.45) is 0 Å². The van der Waals surface area contributed by atoms with Crippen LogP contribution in [0.25, 0.3) is 5.69 Å². The quantitative estimate of drug-likeness (QED) is 0.605. The van der Waals surface area contributed by atoms with Gasteiger partial charge in [-0.2, -0.15) is 0 Å². The van der Waals surface area contributed by atoms with Gasteiger partial charge in [-0.15, -0.1) is 10.2 Å². The lowest BCUT2D eigenvalue weighted by atomic mass is 10.2. The summed E-state index contributed by atoms with van der Waals surface area (Å²) >= 11 is 1.37. The number of amides is 1. The van der Waals surface area contributed by atoms with E-state index in [1.165, 1.54) is 11.8 Å². The Morgan fingerprint density at radius 1 is 1.11 bits per heavy atom. The van der Waals surface area contributed by atoms with E-state index in [1.807, 2.05) is 73.0 Å². The Kier molecular flexibility index (Phi) is 6.49. The summed E-state index contributed by atoms with van der Waals surface area (Å²) in [6, 6.07) is 17.6. The Hall–Kier alpha value is -2.80. The topological polar surface area (TPSA) is 69.0 Å². The van der Waals surface area contributed by atoms with Crippen LogP contribution < -0.4 is 10.1 Å². The minimum absolute atomic E-state index is 0.0391. The smallest absolute Gasteiger partial charge is 0.230 e. The standard InChI is InChI=1S/C20H22N4O2S/c1-3-26-18-11-9-17(10-12-18)24-15(2)22-23-20(24)27-14-19(25)21-13-16-7-5-4-6-8-16/h4-12H,3,13-14H2,1-2H3,(H,21,25). The highest BCUT2D eigenvalue weighted by Crippen LogP contribution is 2.23. The third-order valence-corrected chi connectivity index (χ3v) is 4.79. The molecule has 1 N–H and O–H groups in total. The molecule has 0 aliphatic heterocycles. The first-order valence-electron chi connectivity index (χ1n) is 8.76. The molecule has 1 heterocycles. The van der Waals surface area contributed by atoms with Gasteiger partial charge in [0.05, 0.1) is 12.4 Å². The van der Waals surface area contributed by atoms with Crippen LogP contribution in [0.3, 0.4) is 0 Å². The van der Waals surface area contributed by atoms with Gasteiger partial charge in [0.25, 0.3) is 0 Å². The Labute approximate surface area is 163 Å². The van der Waals surface area contributed by atoms with Crippen LogP contribution in [0.2, 0.25) is 0 Å². The fourth-order valence-corrected chi connectivity index (χ4v) is 3.40. The monoisotopic (exact) mass is 382 g/mol. The molecule has 0 spiro atoms. The highest BCUT2D eigenvalue weighted by molar-refractivity contribution is 7.99. The van der Waals surface area contributed by atoms with Gasteiger partial charge in [-0.25, -0.2) is 0 Å². The molecular formula is C20H22N4O2S. The van der Waals surface area contributed by atoms with Gasteiger partial charge in [0.1, 0.15) is 11.6 Å². The van der Waals surface area contributed by atoms with Gasteiger partial charge in [0.15, 0.2) is 5.16 Å². The van der Waals surface area contributed by atoms with Crippen LogP contribution >= 0.6 is 11.8 Å². The van der Waals surface area contributed by atoms with E-state index in [0.29, 0.717) is 18.3 Å². The average molecular weight is 382 g/mol. The van der Waals surface area contributed by atoms with E-state index >= 15 is 0 Å². The predicted molar refractivity (Wildman–Crippen MR) is 106 cm³/mol. The number of aryl methyl sites for hydroxylation is 1. The minimum atomic E-state index is -0.0391. The fraction of sp³-hybridized carbons (Fsp3) is 0.250. The highest BCUT2D eigenvalue weighted by atomic mass is 32.2. The van der Waals surface area contributed by atoms with Crippen molar-refractivity contribution in [3.05, 3.63) is 66.0 Å². The van der Waals surface area contributed by atoms with Crippen LogP contribution in [0.15, 0.2) is 59.8 Å². The normalized spacial score (nSPS) is 10.6. The molecule has 27 heavy (non-hydrogen) atoms. The third kappa shape index (κ3) is 5.10. The number of nitrogens with one attached hydrogen (secondary N) is 1. The van der Waals surface area contributed by atoms with Crippen molar-refractivity contribution < 1.29 is 9.53 Å². The van der Waals surface area contributed by atoms with Gasteiger partial charge >= 0.3 is 0 Å². The molecule has 3 aromatic rings. The zero-order chi connectivity index (χ0) is 19.1. The molecule has 3 rings (SSSR count). The first-order chi connectivity index (χ1) is 13.2. The number of thioether (sulfide) groups is 1. The molecule has 2 aromatic carbocycles. The molecule has 0 saturated carbocycles. The van der Waals surface area contributed by atoms with Gasteiger partial charge in [0.2, 0.25) is 5.91 Å². The summed E-state index contributed by atoms with van der Waals surface area (Å²) in [7, 11) is 0. The number of hydrogen-bond donors (Lipinski definition) is 1. The van der Waals surface area contributed by atoms with Crippen LogP contribution in [0.1, 0.15) is 18.3 Å². The van der Waals surface area contributed by atoms with Crippen LogP contribution in [0, 0.1) is 6.92 Å².